The van der Waals surface area contributed by atoms with Crippen LogP contribution in [0.3, 0.4) is 0 Å². The predicted molar refractivity (Wildman–Crippen MR) is 55.2 cm³/mol. The second kappa shape index (κ2) is 3.91. The summed E-state index contributed by atoms with van der Waals surface area (Å²) >= 11 is 0. The zero-order valence-electron chi connectivity index (χ0n) is 7.88. The molecule has 0 atom stereocenters. The Morgan fingerprint density at radius 2 is 2.07 bits per heavy atom. The highest BCUT2D eigenvalue weighted by molar-refractivity contribution is 6.14. The Bertz CT molecular complexity index is 414. The first-order valence-corrected chi connectivity index (χ1v) is 4.47. The molecule has 0 aromatic heterocycles. The first-order valence-electron chi connectivity index (χ1n) is 4.47. The molecule has 76 valence electrons. The average Bonchev–Trinajstić information content (AvgIpc) is 2.61. The number of amidine groups is 1. The van der Waals surface area contributed by atoms with E-state index < -0.39 is 0 Å². The van der Waals surface area contributed by atoms with E-state index >= 15 is 0 Å². The van der Waals surface area contributed by atoms with Crippen LogP contribution in [0.2, 0.25) is 0 Å². The fourth-order valence-electron chi connectivity index (χ4n) is 1.35. The number of anilines is 1. The first kappa shape index (κ1) is 9.39. The smallest absolute Gasteiger partial charge is 0.255 e. The number of amides is 2. The van der Waals surface area contributed by atoms with Gasteiger partial charge >= 0.3 is 0 Å². The third-order valence-corrected chi connectivity index (χ3v) is 2.00. The molecular weight excluding hydrogens is 194 g/mol. The third-order valence-electron chi connectivity index (χ3n) is 2.00. The molecule has 1 aromatic rings. The van der Waals surface area contributed by atoms with E-state index in [9.17, 15) is 9.59 Å². The normalized spacial score (nSPS) is 15.1. The summed E-state index contributed by atoms with van der Waals surface area (Å²) in [5.41, 5.74) is 0.699. The van der Waals surface area contributed by atoms with Gasteiger partial charge in [-0.2, -0.15) is 10.1 Å². The lowest BCUT2D eigenvalue weighted by atomic mass is 10.3. The molecule has 0 bridgehead atoms. The first-order chi connectivity index (χ1) is 7.31. The third kappa shape index (κ3) is 1.85. The van der Waals surface area contributed by atoms with Crippen molar-refractivity contribution in [2.45, 2.75) is 6.42 Å². The summed E-state index contributed by atoms with van der Waals surface area (Å²) < 4.78 is 0. The molecule has 1 N–H and O–H groups in total. The number of hydrogen-bond donors (Lipinski definition) is 1. The topological polar surface area (TPSA) is 61.8 Å². The zero-order valence-corrected chi connectivity index (χ0v) is 7.88. The van der Waals surface area contributed by atoms with Crippen LogP contribution in [0.15, 0.2) is 35.4 Å². The van der Waals surface area contributed by atoms with Crippen LogP contribution in [0, 0.1) is 0 Å². The van der Waals surface area contributed by atoms with Crippen LogP contribution in [0.4, 0.5) is 5.69 Å². The molecule has 0 unspecified atom stereocenters. The Labute approximate surface area is 86.4 Å². The van der Waals surface area contributed by atoms with Crippen molar-refractivity contribution in [3.8, 4) is 0 Å². The SMILES string of the molecule is O=CNC1=NN(c2ccccc2)C(=O)C1. The van der Waals surface area contributed by atoms with Gasteiger partial charge in [-0.1, -0.05) is 18.2 Å². The lowest BCUT2D eigenvalue weighted by Gasteiger charge is -2.10. The summed E-state index contributed by atoms with van der Waals surface area (Å²) in [7, 11) is 0. The maximum absolute atomic E-state index is 11.5. The number of nitrogens with zero attached hydrogens (tertiary/aromatic N) is 2. The van der Waals surface area contributed by atoms with Crippen LogP contribution < -0.4 is 10.3 Å². The van der Waals surface area contributed by atoms with Crippen molar-refractivity contribution in [2.75, 3.05) is 5.01 Å². The van der Waals surface area contributed by atoms with Gasteiger partial charge in [0, 0.05) is 0 Å². The fourth-order valence-corrected chi connectivity index (χ4v) is 1.35. The molecule has 1 heterocycles. The Morgan fingerprint density at radius 1 is 1.33 bits per heavy atom. The molecule has 2 rings (SSSR count). The number of hydrogen-bond acceptors (Lipinski definition) is 3. The van der Waals surface area contributed by atoms with Gasteiger partial charge in [0.2, 0.25) is 6.41 Å². The second-order valence-electron chi connectivity index (χ2n) is 3.03. The van der Waals surface area contributed by atoms with E-state index in [1.165, 1.54) is 5.01 Å². The predicted octanol–water partition coefficient (Wildman–Crippen LogP) is 0.483. The Balaban J connectivity index is 2.24. The van der Waals surface area contributed by atoms with Gasteiger partial charge in [0.15, 0.2) is 0 Å². The van der Waals surface area contributed by atoms with Gasteiger partial charge in [0.1, 0.15) is 5.84 Å². The van der Waals surface area contributed by atoms with Crippen LogP contribution in [0.25, 0.3) is 0 Å². The van der Waals surface area contributed by atoms with Gasteiger partial charge in [-0.15, -0.1) is 0 Å². The highest BCUT2D eigenvalue weighted by atomic mass is 16.2. The molecule has 2 amide bonds. The summed E-state index contributed by atoms with van der Waals surface area (Å²) in [4.78, 5) is 21.7. The summed E-state index contributed by atoms with van der Waals surface area (Å²) in [6, 6.07) is 9.07. The van der Waals surface area contributed by atoms with Crippen LogP contribution in [-0.2, 0) is 9.59 Å². The van der Waals surface area contributed by atoms with E-state index in [-0.39, 0.29) is 12.3 Å². The van der Waals surface area contributed by atoms with Crippen molar-refractivity contribution in [3.63, 3.8) is 0 Å². The molecule has 1 aliphatic rings. The maximum atomic E-state index is 11.5. The number of hydrazone groups is 1. The standard InChI is InChI=1S/C10H9N3O2/c14-7-11-9-6-10(15)13(12-9)8-4-2-1-3-5-8/h1-5,7H,6H2,(H,11,12,14). The molecule has 0 aliphatic carbocycles. The maximum Gasteiger partial charge on any atom is 0.255 e. The Kier molecular flexibility index (Phi) is 2.45. The zero-order chi connectivity index (χ0) is 10.7. The minimum atomic E-state index is -0.148. The van der Waals surface area contributed by atoms with Gasteiger partial charge < -0.3 is 5.32 Å². The molecule has 5 nitrogen and oxygen atoms in total. The van der Waals surface area contributed by atoms with Gasteiger partial charge in [-0.25, -0.2) is 0 Å². The number of rotatable bonds is 2. The molecule has 0 fully saturated rings. The number of carbonyl (C=O) groups is 2. The monoisotopic (exact) mass is 203 g/mol. The van der Waals surface area contributed by atoms with E-state index in [0.717, 1.165) is 0 Å². The van der Waals surface area contributed by atoms with Crippen molar-refractivity contribution in [1.29, 1.82) is 0 Å². The van der Waals surface area contributed by atoms with E-state index in [4.69, 9.17) is 0 Å². The number of carbonyl (C=O) groups excluding carboxylic acids is 2. The van der Waals surface area contributed by atoms with Crippen molar-refractivity contribution in [3.05, 3.63) is 30.3 Å². The van der Waals surface area contributed by atoms with Crippen molar-refractivity contribution < 1.29 is 9.59 Å². The van der Waals surface area contributed by atoms with Gasteiger partial charge in [-0.05, 0) is 12.1 Å². The molecule has 1 aliphatic heterocycles. The molecule has 0 spiro atoms. The Hall–Kier alpha value is -2.17. The summed E-state index contributed by atoms with van der Waals surface area (Å²) in [6.45, 7) is 0. The molecule has 0 saturated heterocycles. The van der Waals surface area contributed by atoms with Crippen LogP contribution in [-0.4, -0.2) is 18.2 Å². The highest BCUT2D eigenvalue weighted by Gasteiger charge is 2.24. The van der Waals surface area contributed by atoms with Crippen molar-refractivity contribution in [2.24, 2.45) is 5.10 Å². The minimum absolute atomic E-state index is 0.133. The van der Waals surface area contributed by atoms with Crippen molar-refractivity contribution in [1.82, 2.24) is 5.32 Å². The lowest BCUT2D eigenvalue weighted by molar-refractivity contribution is -0.116. The van der Waals surface area contributed by atoms with Gasteiger partial charge in [0.25, 0.3) is 5.91 Å². The fraction of sp³-hybridized carbons (Fsp3) is 0.100. The quantitative estimate of drug-likeness (QED) is 0.711. The molecule has 5 heteroatoms. The average molecular weight is 203 g/mol. The molecule has 15 heavy (non-hydrogen) atoms. The van der Waals surface area contributed by atoms with E-state index in [0.29, 0.717) is 17.9 Å². The summed E-state index contributed by atoms with van der Waals surface area (Å²) in [5, 5.41) is 7.65. The molecule has 1 aromatic carbocycles. The van der Waals surface area contributed by atoms with E-state index in [1.54, 1.807) is 12.1 Å². The second-order valence-corrected chi connectivity index (χ2v) is 3.03. The molecule has 0 radical (unpaired) electrons. The van der Waals surface area contributed by atoms with E-state index in [2.05, 4.69) is 10.4 Å². The largest absolute Gasteiger partial charge is 0.315 e. The number of para-hydroxylation sites is 1. The van der Waals surface area contributed by atoms with Crippen LogP contribution >= 0.6 is 0 Å². The summed E-state index contributed by atoms with van der Waals surface area (Å²) in [6.07, 6.45) is 0.647. The highest BCUT2D eigenvalue weighted by Crippen LogP contribution is 2.18. The van der Waals surface area contributed by atoms with E-state index in [1.807, 2.05) is 18.2 Å². The number of nitrogens with one attached hydrogen (secondary N) is 1. The van der Waals surface area contributed by atoms with Gasteiger partial charge in [-0.3, -0.25) is 9.59 Å². The number of benzene rings is 1. The van der Waals surface area contributed by atoms with Crippen LogP contribution in [0.5, 0.6) is 0 Å². The Morgan fingerprint density at radius 3 is 2.73 bits per heavy atom. The van der Waals surface area contributed by atoms with Crippen LogP contribution in [0.1, 0.15) is 6.42 Å². The summed E-state index contributed by atoms with van der Waals surface area (Å²) in [5.74, 6) is 0.226. The molecule has 0 saturated carbocycles. The van der Waals surface area contributed by atoms with Gasteiger partial charge in [0.05, 0.1) is 12.1 Å². The molecular formula is C10H9N3O2. The minimum Gasteiger partial charge on any atom is -0.315 e. The lowest BCUT2D eigenvalue weighted by Crippen LogP contribution is -2.20. The van der Waals surface area contributed by atoms with Crippen molar-refractivity contribution >= 4 is 23.8 Å².